The van der Waals surface area contributed by atoms with E-state index in [0.29, 0.717) is 6.42 Å². The van der Waals surface area contributed by atoms with E-state index in [1.807, 2.05) is 24.3 Å². The Kier molecular flexibility index (Phi) is 1.89. The van der Waals surface area contributed by atoms with E-state index in [2.05, 4.69) is 9.97 Å². The SMILES string of the molecule is O=C(O)C1CC1c1ccc2ncccc2n1. The number of nitrogens with zero attached hydrogens (tertiary/aromatic N) is 2. The van der Waals surface area contributed by atoms with E-state index in [-0.39, 0.29) is 11.8 Å². The lowest BCUT2D eigenvalue weighted by Gasteiger charge is -2.00. The van der Waals surface area contributed by atoms with Gasteiger partial charge >= 0.3 is 5.97 Å². The molecule has 3 rings (SSSR count). The summed E-state index contributed by atoms with van der Waals surface area (Å²) in [6.07, 6.45) is 2.43. The van der Waals surface area contributed by atoms with Crippen molar-refractivity contribution in [3.63, 3.8) is 0 Å². The number of carbonyl (C=O) groups is 1. The van der Waals surface area contributed by atoms with Crippen LogP contribution in [-0.4, -0.2) is 21.0 Å². The monoisotopic (exact) mass is 214 g/mol. The third kappa shape index (κ3) is 1.43. The first-order chi connectivity index (χ1) is 7.75. The predicted octanol–water partition coefficient (Wildman–Crippen LogP) is 1.82. The van der Waals surface area contributed by atoms with Gasteiger partial charge in [0.15, 0.2) is 0 Å². The molecule has 2 aromatic rings. The summed E-state index contributed by atoms with van der Waals surface area (Å²) in [5.41, 5.74) is 2.54. The standard InChI is InChI=1S/C12H10N2O2/c15-12(16)8-6-7(8)9-3-4-10-11(14-9)2-1-5-13-10/h1-5,7-8H,6H2,(H,15,16). The summed E-state index contributed by atoms with van der Waals surface area (Å²) in [4.78, 5) is 19.4. The molecule has 1 aliphatic rings. The molecule has 2 aromatic heterocycles. The van der Waals surface area contributed by atoms with E-state index in [4.69, 9.17) is 5.11 Å². The number of hydrogen-bond acceptors (Lipinski definition) is 3. The molecule has 2 atom stereocenters. The first kappa shape index (κ1) is 9.27. The van der Waals surface area contributed by atoms with Crippen LogP contribution < -0.4 is 0 Å². The number of carboxylic acid groups (broad SMARTS) is 1. The summed E-state index contributed by atoms with van der Waals surface area (Å²) in [7, 11) is 0. The number of aliphatic carboxylic acids is 1. The second-order valence-corrected chi connectivity index (χ2v) is 4.06. The Bertz CT molecular complexity index is 568. The molecule has 1 saturated carbocycles. The molecule has 16 heavy (non-hydrogen) atoms. The van der Waals surface area contributed by atoms with Crippen LogP contribution in [0.1, 0.15) is 18.0 Å². The highest BCUT2D eigenvalue weighted by atomic mass is 16.4. The van der Waals surface area contributed by atoms with Crippen molar-refractivity contribution in [1.82, 2.24) is 9.97 Å². The van der Waals surface area contributed by atoms with Crippen LogP contribution in [0, 0.1) is 5.92 Å². The highest BCUT2D eigenvalue weighted by Gasteiger charge is 2.45. The maximum atomic E-state index is 10.8. The number of hydrogen-bond donors (Lipinski definition) is 1. The fourth-order valence-electron chi connectivity index (χ4n) is 1.97. The largest absolute Gasteiger partial charge is 0.481 e. The zero-order valence-electron chi connectivity index (χ0n) is 8.50. The number of aromatic nitrogens is 2. The van der Waals surface area contributed by atoms with Crippen LogP contribution >= 0.6 is 0 Å². The fourth-order valence-corrected chi connectivity index (χ4v) is 1.97. The van der Waals surface area contributed by atoms with Gasteiger partial charge in [-0.3, -0.25) is 14.8 Å². The van der Waals surface area contributed by atoms with Crippen molar-refractivity contribution in [2.75, 3.05) is 0 Å². The third-order valence-electron chi connectivity index (χ3n) is 2.97. The highest BCUT2D eigenvalue weighted by molar-refractivity contribution is 5.77. The lowest BCUT2D eigenvalue weighted by atomic mass is 10.2. The lowest BCUT2D eigenvalue weighted by Crippen LogP contribution is -2.00. The van der Waals surface area contributed by atoms with Crippen LogP contribution in [0.3, 0.4) is 0 Å². The van der Waals surface area contributed by atoms with Gasteiger partial charge in [-0.2, -0.15) is 0 Å². The van der Waals surface area contributed by atoms with Crippen molar-refractivity contribution >= 4 is 17.0 Å². The van der Waals surface area contributed by atoms with Gasteiger partial charge in [0.2, 0.25) is 0 Å². The van der Waals surface area contributed by atoms with E-state index in [1.54, 1.807) is 6.20 Å². The lowest BCUT2D eigenvalue weighted by molar-refractivity contribution is -0.138. The molecule has 0 aliphatic heterocycles. The maximum Gasteiger partial charge on any atom is 0.307 e. The van der Waals surface area contributed by atoms with E-state index < -0.39 is 5.97 Å². The average molecular weight is 214 g/mol. The topological polar surface area (TPSA) is 63.1 Å². The van der Waals surface area contributed by atoms with Crippen LogP contribution in [0.15, 0.2) is 30.5 Å². The van der Waals surface area contributed by atoms with Gasteiger partial charge < -0.3 is 5.11 Å². The predicted molar refractivity (Wildman–Crippen MR) is 58.0 cm³/mol. The molecule has 0 bridgehead atoms. The summed E-state index contributed by atoms with van der Waals surface area (Å²) in [5, 5.41) is 8.86. The quantitative estimate of drug-likeness (QED) is 0.828. The van der Waals surface area contributed by atoms with Gasteiger partial charge in [0, 0.05) is 17.8 Å². The highest BCUT2D eigenvalue weighted by Crippen LogP contribution is 2.46. The molecule has 2 unspecified atom stereocenters. The Labute approximate surface area is 92.0 Å². The minimum Gasteiger partial charge on any atom is -0.481 e. The molecular formula is C12H10N2O2. The second-order valence-electron chi connectivity index (χ2n) is 4.06. The Morgan fingerprint density at radius 2 is 2.19 bits per heavy atom. The number of rotatable bonds is 2. The Morgan fingerprint density at radius 1 is 1.31 bits per heavy atom. The first-order valence-electron chi connectivity index (χ1n) is 5.20. The van der Waals surface area contributed by atoms with Crippen LogP contribution in [0.4, 0.5) is 0 Å². The molecule has 4 nitrogen and oxygen atoms in total. The summed E-state index contributed by atoms with van der Waals surface area (Å²) in [6, 6.07) is 7.50. The summed E-state index contributed by atoms with van der Waals surface area (Å²) in [6.45, 7) is 0. The third-order valence-corrected chi connectivity index (χ3v) is 2.97. The molecule has 0 radical (unpaired) electrons. The molecule has 0 aromatic carbocycles. The first-order valence-corrected chi connectivity index (χ1v) is 5.20. The van der Waals surface area contributed by atoms with Gasteiger partial charge in [-0.1, -0.05) is 0 Å². The Hall–Kier alpha value is -1.97. The zero-order valence-corrected chi connectivity index (χ0v) is 8.50. The zero-order chi connectivity index (χ0) is 11.1. The van der Waals surface area contributed by atoms with E-state index in [9.17, 15) is 4.79 Å². The van der Waals surface area contributed by atoms with Crippen molar-refractivity contribution < 1.29 is 9.90 Å². The van der Waals surface area contributed by atoms with Crippen molar-refractivity contribution in [2.24, 2.45) is 5.92 Å². The van der Waals surface area contributed by atoms with Gasteiger partial charge in [-0.15, -0.1) is 0 Å². The Balaban J connectivity index is 1.98. The summed E-state index contributed by atoms with van der Waals surface area (Å²) < 4.78 is 0. The minimum atomic E-state index is -0.724. The molecule has 0 amide bonds. The van der Waals surface area contributed by atoms with Crippen LogP contribution in [-0.2, 0) is 4.79 Å². The number of fused-ring (bicyclic) bond motifs is 1. The minimum absolute atomic E-state index is 0.0853. The van der Waals surface area contributed by atoms with Gasteiger partial charge in [-0.05, 0) is 30.7 Å². The van der Waals surface area contributed by atoms with Crippen molar-refractivity contribution in [2.45, 2.75) is 12.3 Å². The van der Waals surface area contributed by atoms with Gasteiger partial charge in [0.25, 0.3) is 0 Å². The molecule has 80 valence electrons. The second kappa shape index (κ2) is 3.27. The molecule has 1 N–H and O–H groups in total. The van der Waals surface area contributed by atoms with Gasteiger partial charge in [-0.25, -0.2) is 0 Å². The van der Waals surface area contributed by atoms with Crippen molar-refractivity contribution in [3.05, 3.63) is 36.2 Å². The van der Waals surface area contributed by atoms with Crippen LogP contribution in [0.5, 0.6) is 0 Å². The van der Waals surface area contributed by atoms with Gasteiger partial charge in [0.1, 0.15) is 0 Å². The van der Waals surface area contributed by atoms with E-state index in [0.717, 1.165) is 16.7 Å². The molecule has 0 saturated heterocycles. The average Bonchev–Trinajstić information content (AvgIpc) is 3.08. The molecule has 4 heteroatoms. The maximum absolute atomic E-state index is 10.8. The summed E-state index contributed by atoms with van der Waals surface area (Å²) >= 11 is 0. The van der Waals surface area contributed by atoms with Crippen molar-refractivity contribution in [1.29, 1.82) is 0 Å². The number of carboxylic acids is 1. The fraction of sp³-hybridized carbons (Fsp3) is 0.250. The summed E-state index contributed by atoms with van der Waals surface area (Å²) in [5.74, 6) is -0.887. The molecule has 0 spiro atoms. The molecule has 1 aliphatic carbocycles. The normalized spacial score (nSPS) is 23.2. The van der Waals surface area contributed by atoms with Gasteiger partial charge in [0.05, 0.1) is 17.0 Å². The van der Waals surface area contributed by atoms with Crippen LogP contribution in [0.25, 0.3) is 11.0 Å². The smallest absolute Gasteiger partial charge is 0.307 e. The number of pyridine rings is 2. The van der Waals surface area contributed by atoms with E-state index in [1.165, 1.54) is 0 Å². The molecular weight excluding hydrogens is 204 g/mol. The Morgan fingerprint density at radius 3 is 2.94 bits per heavy atom. The van der Waals surface area contributed by atoms with Crippen LogP contribution in [0.2, 0.25) is 0 Å². The van der Waals surface area contributed by atoms with E-state index >= 15 is 0 Å². The molecule has 2 heterocycles. The van der Waals surface area contributed by atoms with Crippen molar-refractivity contribution in [3.8, 4) is 0 Å². The molecule has 1 fully saturated rings.